The first-order valence-corrected chi connectivity index (χ1v) is 9.21. The number of nitrogens with zero attached hydrogens (tertiary/aromatic N) is 2. The van der Waals surface area contributed by atoms with E-state index in [9.17, 15) is 9.59 Å². The van der Waals surface area contributed by atoms with E-state index in [1.54, 1.807) is 18.2 Å². The molecule has 1 aromatic rings. The van der Waals surface area contributed by atoms with E-state index in [2.05, 4.69) is 4.90 Å². The predicted molar refractivity (Wildman–Crippen MR) is 89.5 cm³/mol. The summed E-state index contributed by atoms with van der Waals surface area (Å²) in [5, 5.41) is 0. The molecule has 2 atom stereocenters. The van der Waals surface area contributed by atoms with Crippen LogP contribution >= 0.6 is 0 Å². The predicted octanol–water partition coefficient (Wildman–Crippen LogP) is 2.03. The number of fused-ring (bicyclic) bond motifs is 2. The zero-order valence-corrected chi connectivity index (χ0v) is 14.1. The molecule has 5 rings (SSSR count). The van der Waals surface area contributed by atoms with Crippen LogP contribution in [0.15, 0.2) is 18.2 Å². The van der Waals surface area contributed by atoms with Gasteiger partial charge in [0.05, 0.1) is 12.1 Å². The van der Waals surface area contributed by atoms with Gasteiger partial charge in [-0.2, -0.15) is 0 Å². The maximum absolute atomic E-state index is 13.1. The van der Waals surface area contributed by atoms with Gasteiger partial charge in [-0.3, -0.25) is 9.59 Å². The zero-order valence-electron chi connectivity index (χ0n) is 14.1. The maximum atomic E-state index is 13.1. The van der Waals surface area contributed by atoms with Crippen molar-refractivity contribution in [2.45, 2.75) is 44.2 Å². The average Bonchev–Trinajstić information content (AvgIpc) is 3.15. The summed E-state index contributed by atoms with van der Waals surface area (Å²) in [7, 11) is 0. The molecule has 0 N–H and O–H groups in total. The molecule has 132 valence electrons. The molecule has 3 fully saturated rings. The van der Waals surface area contributed by atoms with Gasteiger partial charge in [-0.25, -0.2) is 0 Å². The second-order valence-corrected chi connectivity index (χ2v) is 7.52. The van der Waals surface area contributed by atoms with Gasteiger partial charge in [0.2, 0.25) is 12.7 Å². The Morgan fingerprint density at radius 3 is 2.76 bits per heavy atom. The lowest BCUT2D eigenvalue weighted by Crippen LogP contribution is -2.53. The summed E-state index contributed by atoms with van der Waals surface area (Å²) in [6, 6.07) is 5.72. The number of amides is 2. The van der Waals surface area contributed by atoms with E-state index in [0.717, 1.165) is 25.9 Å². The molecule has 3 aliphatic heterocycles. The minimum Gasteiger partial charge on any atom is -0.454 e. The van der Waals surface area contributed by atoms with E-state index in [1.165, 1.54) is 12.8 Å². The Bertz CT molecular complexity index is 730. The van der Waals surface area contributed by atoms with Crippen LogP contribution in [0.5, 0.6) is 11.5 Å². The Hall–Kier alpha value is -2.24. The topological polar surface area (TPSA) is 59.1 Å². The van der Waals surface area contributed by atoms with E-state index < -0.39 is 0 Å². The second kappa shape index (κ2) is 5.64. The van der Waals surface area contributed by atoms with Crippen molar-refractivity contribution < 1.29 is 19.1 Å². The van der Waals surface area contributed by atoms with Gasteiger partial charge in [0, 0.05) is 25.1 Å². The van der Waals surface area contributed by atoms with Crippen molar-refractivity contribution in [2.24, 2.45) is 5.92 Å². The molecular formula is C19H22N2O4. The Morgan fingerprint density at radius 2 is 1.92 bits per heavy atom. The van der Waals surface area contributed by atoms with Crippen LogP contribution in [-0.4, -0.2) is 53.6 Å². The maximum Gasteiger partial charge on any atom is 0.254 e. The van der Waals surface area contributed by atoms with Crippen molar-refractivity contribution in [3.63, 3.8) is 0 Å². The smallest absolute Gasteiger partial charge is 0.254 e. The van der Waals surface area contributed by atoms with E-state index in [1.807, 2.05) is 4.90 Å². The van der Waals surface area contributed by atoms with Gasteiger partial charge >= 0.3 is 0 Å². The van der Waals surface area contributed by atoms with Gasteiger partial charge in [-0.1, -0.05) is 0 Å². The van der Waals surface area contributed by atoms with E-state index in [-0.39, 0.29) is 30.7 Å². The molecule has 0 radical (unpaired) electrons. The normalized spacial score (nSPS) is 27.6. The molecule has 0 unspecified atom stereocenters. The van der Waals surface area contributed by atoms with E-state index >= 15 is 0 Å². The lowest BCUT2D eigenvalue weighted by Gasteiger charge is -2.40. The van der Waals surface area contributed by atoms with Gasteiger partial charge < -0.3 is 19.3 Å². The third-order valence-electron chi connectivity index (χ3n) is 5.92. The summed E-state index contributed by atoms with van der Waals surface area (Å²) in [4.78, 5) is 29.5. The van der Waals surface area contributed by atoms with Crippen molar-refractivity contribution in [3.8, 4) is 11.5 Å². The quantitative estimate of drug-likeness (QED) is 0.843. The Labute approximate surface area is 146 Å². The summed E-state index contributed by atoms with van der Waals surface area (Å²) < 4.78 is 10.7. The van der Waals surface area contributed by atoms with Gasteiger partial charge in [0.1, 0.15) is 0 Å². The molecule has 6 heteroatoms. The van der Waals surface area contributed by atoms with Crippen molar-refractivity contribution in [3.05, 3.63) is 23.8 Å². The van der Waals surface area contributed by atoms with Gasteiger partial charge in [-0.05, 0) is 49.8 Å². The summed E-state index contributed by atoms with van der Waals surface area (Å²) in [6.07, 6.45) is 4.70. The van der Waals surface area contributed by atoms with Gasteiger partial charge in [0.15, 0.2) is 11.5 Å². The number of hydrogen-bond acceptors (Lipinski definition) is 4. The first kappa shape index (κ1) is 15.0. The number of carbonyl (C=O) groups is 2. The molecule has 0 aromatic heterocycles. The highest BCUT2D eigenvalue weighted by Gasteiger charge is 2.46. The lowest BCUT2D eigenvalue weighted by molar-refractivity contribution is -0.137. The molecule has 1 aliphatic carbocycles. The molecule has 3 heterocycles. The van der Waals surface area contributed by atoms with Crippen LogP contribution in [0.2, 0.25) is 0 Å². The fourth-order valence-electron chi connectivity index (χ4n) is 4.41. The Morgan fingerprint density at radius 1 is 1.08 bits per heavy atom. The number of hydrogen-bond donors (Lipinski definition) is 0. The molecule has 1 saturated carbocycles. The molecule has 0 spiro atoms. The molecule has 2 amide bonds. The highest BCUT2D eigenvalue weighted by atomic mass is 16.7. The summed E-state index contributed by atoms with van der Waals surface area (Å²) in [5.74, 6) is 2.31. The van der Waals surface area contributed by atoms with Crippen LogP contribution in [0.3, 0.4) is 0 Å². The van der Waals surface area contributed by atoms with Crippen molar-refractivity contribution in [2.75, 3.05) is 19.9 Å². The van der Waals surface area contributed by atoms with Crippen LogP contribution in [0.1, 0.15) is 42.5 Å². The Kier molecular flexibility index (Phi) is 3.40. The molecular weight excluding hydrogens is 320 g/mol. The number of carbonyl (C=O) groups excluding carboxylic acids is 2. The van der Waals surface area contributed by atoms with Gasteiger partial charge in [0.25, 0.3) is 5.91 Å². The van der Waals surface area contributed by atoms with E-state index in [4.69, 9.17) is 9.47 Å². The fourth-order valence-corrected chi connectivity index (χ4v) is 4.41. The number of benzene rings is 1. The third kappa shape index (κ3) is 2.55. The largest absolute Gasteiger partial charge is 0.454 e. The van der Waals surface area contributed by atoms with Crippen molar-refractivity contribution in [1.29, 1.82) is 0 Å². The monoisotopic (exact) mass is 342 g/mol. The van der Waals surface area contributed by atoms with E-state index in [0.29, 0.717) is 29.4 Å². The van der Waals surface area contributed by atoms with Crippen LogP contribution < -0.4 is 9.47 Å². The number of ether oxygens (including phenoxy) is 2. The van der Waals surface area contributed by atoms with Crippen molar-refractivity contribution in [1.82, 2.24) is 9.80 Å². The second-order valence-electron chi connectivity index (χ2n) is 7.52. The third-order valence-corrected chi connectivity index (χ3v) is 5.92. The van der Waals surface area contributed by atoms with Crippen LogP contribution in [0.4, 0.5) is 0 Å². The summed E-state index contributed by atoms with van der Waals surface area (Å²) >= 11 is 0. The average molecular weight is 342 g/mol. The summed E-state index contributed by atoms with van der Waals surface area (Å²) in [5.41, 5.74) is 0.635. The standard InChI is InChI=1S/C19H22N2O4/c22-18-6-4-14-15(21(18)10-12-1-2-12)7-8-20(14)19(23)13-3-5-16-17(9-13)25-11-24-16/h3,5,9,12,14-15H,1-2,4,6-8,10-11H2/t14-,15-/m1/s1. The highest BCUT2D eigenvalue weighted by Crippen LogP contribution is 2.38. The fraction of sp³-hybridized carbons (Fsp3) is 0.579. The molecule has 0 bridgehead atoms. The molecule has 6 nitrogen and oxygen atoms in total. The van der Waals surface area contributed by atoms with Crippen LogP contribution in [-0.2, 0) is 4.79 Å². The first-order valence-electron chi connectivity index (χ1n) is 9.21. The molecule has 1 aromatic carbocycles. The molecule has 2 saturated heterocycles. The van der Waals surface area contributed by atoms with Gasteiger partial charge in [-0.15, -0.1) is 0 Å². The number of rotatable bonds is 3. The summed E-state index contributed by atoms with van der Waals surface area (Å²) in [6.45, 7) is 1.81. The minimum atomic E-state index is 0.0338. The van der Waals surface area contributed by atoms with Crippen LogP contribution in [0.25, 0.3) is 0 Å². The first-order chi connectivity index (χ1) is 12.2. The number of piperidine rings is 1. The number of likely N-dealkylation sites (tertiary alicyclic amines) is 2. The minimum absolute atomic E-state index is 0.0338. The Balaban J connectivity index is 1.36. The van der Waals surface area contributed by atoms with Crippen molar-refractivity contribution >= 4 is 11.8 Å². The van der Waals surface area contributed by atoms with Crippen LogP contribution in [0, 0.1) is 5.92 Å². The SMILES string of the molecule is O=C1CC[C@@H]2[C@@H](CCN2C(=O)c2ccc3c(c2)OCO3)N1CC1CC1. The molecule has 4 aliphatic rings. The highest BCUT2D eigenvalue weighted by molar-refractivity contribution is 5.95. The molecule has 25 heavy (non-hydrogen) atoms. The zero-order chi connectivity index (χ0) is 17.0. The lowest BCUT2D eigenvalue weighted by atomic mass is 9.95.